The van der Waals surface area contributed by atoms with Crippen LogP contribution in [0.3, 0.4) is 0 Å². The Kier molecular flexibility index (Phi) is 7.82. The molecule has 200 valence electrons. The van der Waals surface area contributed by atoms with Gasteiger partial charge >= 0.3 is 0 Å². The van der Waals surface area contributed by atoms with Crippen molar-refractivity contribution in [3.05, 3.63) is 40.4 Å². The van der Waals surface area contributed by atoms with Crippen LogP contribution in [0.4, 0.5) is 5.69 Å². The number of hydrogen-bond donors (Lipinski definition) is 2. The van der Waals surface area contributed by atoms with Gasteiger partial charge in [0.05, 0.1) is 28.0 Å². The monoisotopic (exact) mass is 549 g/mol. The van der Waals surface area contributed by atoms with Crippen molar-refractivity contribution in [3.63, 3.8) is 0 Å². The highest BCUT2D eigenvalue weighted by Gasteiger charge is 2.72. The van der Waals surface area contributed by atoms with Crippen LogP contribution in [-0.4, -0.2) is 66.2 Å². The molecular weight excluding hydrogens is 517 g/mol. The van der Waals surface area contributed by atoms with Crippen molar-refractivity contribution in [3.8, 4) is 0 Å². The lowest BCUT2D eigenvalue weighted by molar-refractivity contribution is -0.141. The first-order valence-electron chi connectivity index (χ1n) is 13.2. The Morgan fingerprint density at radius 2 is 1.95 bits per heavy atom. The van der Waals surface area contributed by atoms with E-state index in [9.17, 15) is 14.4 Å². The van der Waals surface area contributed by atoms with Crippen LogP contribution in [-0.2, 0) is 23.9 Å². The van der Waals surface area contributed by atoms with E-state index in [-0.39, 0.29) is 23.8 Å². The molecule has 37 heavy (non-hydrogen) atoms. The van der Waals surface area contributed by atoms with Gasteiger partial charge in [0, 0.05) is 31.5 Å². The zero-order valence-corrected chi connectivity index (χ0v) is 22.4. The van der Waals surface area contributed by atoms with E-state index in [1.54, 1.807) is 23.1 Å². The number of carbonyl (C=O) groups is 3. The minimum atomic E-state index is -1.17. The van der Waals surface area contributed by atoms with Crippen molar-refractivity contribution in [2.24, 2.45) is 11.8 Å². The van der Waals surface area contributed by atoms with E-state index in [1.165, 1.54) is 6.42 Å². The summed E-state index contributed by atoms with van der Waals surface area (Å²) in [5, 5.41) is 6.75. The van der Waals surface area contributed by atoms with E-state index in [0.29, 0.717) is 41.9 Å². The highest BCUT2D eigenvalue weighted by atomic mass is 35.5. The second-order valence-electron chi connectivity index (χ2n) is 10.2. The van der Waals surface area contributed by atoms with Crippen molar-refractivity contribution in [1.82, 2.24) is 10.2 Å². The van der Waals surface area contributed by atoms with Gasteiger partial charge in [-0.3, -0.25) is 14.4 Å². The van der Waals surface area contributed by atoms with Gasteiger partial charge in [-0.25, -0.2) is 0 Å². The largest absolute Gasteiger partial charge is 0.382 e. The molecule has 1 aromatic rings. The van der Waals surface area contributed by atoms with Gasteiger partial charge < -0.3 is 25.0 Å². The summed E-state index contributed by atoms with van der Waals surface area (Å²) in [5.41, 5.74) is -0.697. The first-order valence-corrected chi connectivity index (χ1v) is 13.9. The molecule has 3 aliphatic heterocycles. The molecule has 3 amide bonds. The molecule has 3 heterocycles. The van der Waals surface area contributed by atoms with Crippen molar-refractivity contribution >= 4 is 46.6 Å². The molecule has 2 bridgehead atoms. The summed E-state index contributed by atoms with van der Waals surface area (Å²) in [4.78, 5) is 42.7. The first-order chi connectivity index (χ1) is 17.9. The summed E-state index contributed by atoms with van der Waals surface area (Å²) in [6.45, 7) is 3.33. The van der Waals surface area contributed by atoms with Gasteiger partial charge in [0.2, 0.25) is 17.7 Å². The zero-order valence-electron chi connectivity index (χ0n) is 20.9. The zero-order chi connectivity index (χ0) is 26.2. The van der Waals surface area contributed by atoms with Gasteiger partial charge in [-0.1, -0.05) is 54.6 Å². The van der Waals surface area contributed by atoms with E-state index in [0.717, 1.165) is 25.7 Å². The summed E-state index contributed by atoms with van der Waals surface area (Å²) < 4.78 is 11.9. The Labute approximate surface area is 227 Å². The van der Waals surface area contributed by atoms with Crippen LogP contribution in [0.25, 0.3) is 0 Å². The number of likely N-dealkylation sites (tertiary alicyclic amines) is 1. The molecule has 2 N–H and O–H groups in total. The fourth-order valence-corrected chi connectivity index (χ4v) is 6.61. The van der Waals surface area contributed by atoms with E-state index >= 15 is 0 Å². The number of benzene rings is 1. The molecule has 1 spiro atoms. The lowest BCUT2D eigenvalue weighted by Gasteiger charge is -2.34. The second-order valence-corrected chi connectivity index (χ2v) is 11.1. The van der Waals surface area contributed by atoms with Crippen molar-refractivity contribution in [2.75, 3.05) is 25.1 Å². The van der Waals surface area contributed by atoms with Crippen LogP contribution in [0, 0.1) is 11.8 Å². The van der Waals surface area contributed by atoms with Crippen LogP contribution in [0.1, 0.15) is 45.4 Å². The van der Waals surface area contributed by atoms with Gasteiger partial charge in [-0.05, 0) is 44.4 Å². The maximum absolute atomic E-state index is 13.9. The number of halogens is 2. The van der Waals surface area contributed by atoms with Crippen molar-refractivity contribution < 1.29 is 23.9 Å². The molecule has 1 saturated carbocycles. The number of fused-ring (bicyclic) bond motifs is 1. The molecule has 10 heteroatoms. The molecular formula is C27H33Cl2N3O5. The molecule has 0 radical (unpaired) electrons. The minimum absolute atomic E-state index is 0.0911. The van der Waals surface area contributed by atoms with E-state index < -0.39 is 29.6 Å². The third-order valence-electron chi connectivity index (χ3n) is 7.96. The normalized spacial score (nSPS) is 30.6. The minimum Gasteiger partial charge on any atom is -0.382 e. The molecule has 5 atom stereocenters. The van der Waals surface area contributed by atoms with Gasteiger partial charge in [-0.2, -0.15) is 0 Å². The number of ether oxygens (including phenoxy) is 2. The SMILES string of the molecule is CCOCCCN1C(=O)[C@H]2[C@H](C(=O)Nc3ccc(Cl)c(Cl)c3)[C@H]3C=C[C@@]2(O3)[C@H]1C(=O)NC1CCCCC1. The van der Waals surface area contributed by atoms with E-state index in [1.807, 2.05) is 19.1 Å². The molecule has 0 unspecified atom stereocenters. The summed E-state index contributed by atoms with van der Waals surface area (Å²) in [6, 6.07) is 4.08. The second kappa shape index (κ2) is 10.9. The van der Waals surface area contributed by atoms with Gasteiger partial charge in [0.15, 0.2) is 0 Å². The van der Waals surface area contributed by atoms with Crippen molar-refractivity contribution in [2.45, 2.75) is 69.2 Å². The van der Waals surface area contributed by atoms with E-state index in [4.69, 9.17) is 32.7 Å². The lowest BCUT2D eigenvalue weighted by atomic mass is 9.74. The lowest BCUT2D eigenvalue weighted by Crippen LogP contribution is -2.56. The third kappa shape index (κ3) is 4.89. The van der Waals surface area contributed by atoms with Crippen LogP contribution in [0.15, 0.2) is 30.4 Å². The number of nitrogens with one attached hydrogen (secondary N) is 2. The fraction of sp³-hybridized carbons (Fsp3) is 0.593. The average molecular weight is 550 g/mol. The molecule has 1 aromatic carbocycles. The van der Waals surface area contributed by atoms with Crippen LogP contribution >= 0.6 is 23.2 Å². The highest BCUT2D eigenvalue weighted by Crippen LogP contribution is 2.55. The quantitative estimate of drug-likeness (QED) is 0.359. The van der Waals surface area contributed by atoms with E-state index in [2.05, 4.69) is 10.6 Å². The van der Waals surface area contributed by atoms with Crippen LogP contribution in [0.5, 0.6) is 0 Å². The molecule has 8 nitrogen and oxygen atoms in total. The summed E-state index contributed by atoms with van der Waals surface area (Å²) in [5.74, 6) is -2.36. The maximum atomic E-state index is 13.9. The first kappa shape index (κ1) is 26.5. The number of hydrogen-bond acceptors (Lipinski definition) is 5. The van der Waals surface area contributed by atoms with Crippen LogP contribution in [0.2, 0.25) is 10.0 Å². The highest BCUT2D eigenvalue weighted by molar-refractivity contribution is 6.42. The fourth-order valence-electron chi connectivity index (χ4n) is 6.32. The molecule has 1 aliphatic carbocycles. The third-order valence-corrected chi connectivity index (χ3v) is 8.69. The smallest absolute Gasteiger partial charge is 0.246 e. The standard InChI is InChI=1S/C27H33Cl2N3O5/c1-2-36-14-6-13-32-23(25(34)30-16-7-4-3-5-8-16)27-12-11-20(37-27)21(22(27)26(32)35)24(33)31-17-9-10-18(28)19(29)15-17/h9-12,15-16,20-23H,2-8,13-14H2,1H3,(H,30,34)(H,31,33)/t20-,21-,22-,23-,27+/m1/s1. The van der Waals surface area contributed by atoms with Crippen molar-refractivity contribution in [1.29, 1.82) is 0 Å². The number of carbonyl (C=O) groups excluding carboxylic acids is 3. The number of anilines is 1. The predicted octanol–water partition coefficient (Wildman–Crippen LogP) is 3.96. The molecule has 0 aromatic heterocycles. The molecule has 2 saturated heterocycles. The average Bonchev–Trinajstić information content (AvgIpc) is 3.52. The summed E-state index contributed by atoms with van der Waals surface area (Å²) >= 11 is 12.1. The topological polar surface area (TPSA) is 97.0 Å². The van der Waals surface area contributed by atoms with Crippen LogP contribution < -0.4 is 10.6 Å². The Morgan fingerprint density at radius 3 is 2.68 bits per heavy atom. The molecule has 4 aliphatic rings. The Hall–Kier alpha value is -2.13. The number of rotatable bonds is 9. The Bertz CT molecular complexity index is 1090. The predicted molar refractivity (Wildman–Crippen MR) is 140 cm³/mol. The summed E-state index contributed by atoms with van der Waals surface area (Å²) in [6.07, 6.45) is 8.83. The maximum Gasteiger partial charge on any atom is 0.246 e. The molecule has 5 rings (SSSR count). The summed E-state index contributed by atoms with van der Waals surface area (Å²) in [7, 11) is 0. The Morgan fingerprint density at radius 1 is 1.16 bits per heavy atom. The Balaban J connectivity index is 1.40. The number of nitrogens with zero attached hydrogens (tertiary/aromatic N) is 1. The molecule has 3 fully saturated rings. The van der Waals surface area contributed by atoms with Gasteiger partial charge in [-0.15, -0.1) is 0 Å². The van der Waals surface area contributed by atoms with Gasteiger partial charge in [0.25, 0.3) is 0 Å². The van der Waals surface area contributed by atoms with Gasteiger partial charge in [0.1, 0.15) is 11.6 Å². The number of amides is 3.